The Morgan fingerprint density at radius 3 is 2.79 bits per heavy atom. The fraction of sp³-hybridized carbons (Fsp3) is 0.200. The van der Waals surface area contributed by atoms with Gasteiger partial charge in [0.05, 0.1) is 10.6 Å². The molecular formula is C10H11ClN2O. The van der Waals surface area contributed by atoms with Gasteiger partial charge in [-0.25, -0.2) is 4.98 Å². The Balaban J connectivity index is 3.12. The molecule has 1 aromatic heterocycles. The molecule has 14 heavy (non-hydrogen) atoms. The highest BCUT2D eigenvalue weighted by atomic mass is 35.5. The van der Waals surface area contributed by atoms with Gasteiger partial charge in [0.1, 0.15) is 5.82 Å². The molecule has 0 fully saturated rings. The Morgan fingerprint density at radius 1 is 1.57 bits per heavy atom. The van der Waals surface area contributed by atoms with E-state index in [1.807, 2.05) is 13.8 Å². The van der Waals surface area contributed by atoms with E-state index in [-0.39, 0.29) is 11.6 Å². The maximum Gasteiger partial charge on any atom is 0.189 e. The first-order valence-corrected chi connectivity index (χ1v) is 4.48. The Labute approximate surface area is 87.6 Å². The molecule has 0 aliphatic heterocycles. The second-order valence-electron chi connectivity index (χ2n) is 3.17. The zero-order valence-electron chi connectivity index (χ0n) is 8.04. The molecule has 2 N–H and O–H groups in total. The molecule has 0 atom stereocenters. The summed E-state index contributed by atoms with van der Waals surface area (Å²) in [5.74, 6) is 0.0365. The number of hydrogen-bond donors (Lipinski definition) is 1. The Bertz CT molecular complexity index is 395. The van der Waals surface area contributed by atoms with Gasteiger partial charge in [0.2, 0.25) is 0 Å². The first-order chi connectivity index (χ1) is 6.50. The average Bonchev–Trinajstić information content (AvgIpc) is 2.08. The zero-order chi connectivity index (χ0) is 10.7. The summed E-state index contributed by atoms with van der Waals surface area (Å²) in [5.41, 5.74) is 6.80. The smallest absolute Gasteiger partial charge is 0.189 e. The molecule has 0 aliphatic rings. The van der Waals surface area contributed by atoms with E-state index >= 15 is 0 Å². The number of halogens is 1. The summed E-state index contributed by atoms with van der Waals surface area (Å²) in [6.45, 7) is 3.68. The second kappa shape index (κ2) is 4.24. The summed E-state index contributed by atoms with van der Waals surface area (Å²) < 4.78 is 0. The number of rotatable bonds is 2. The molecule has 0 radical (unpaired) electrons. The van der Waals surface area contributed by atoms with Crippen LogP contribution < -0.4 is 5.73 Å². The number of aromatic nitrogens is 1. The predicted octanol–water partition coefficient (Wildman–Crippen LogP) is 2.47. The number of pyridine rings is 1. The fourth-order valence-corrected chi connectivity index (χ4v) is 1.15. The van der Waals surface area contributed by atoms with E-state index in [4.69, 9.17) is 17.3 Å². The summed E-state index contributed by atoms with van der Waals surface area (Å²) in [6, 6.07) is 1.52. The molecule has 0 amide bonds. The second-order valence-corrected chi connectivity index (χ2v) is 3.61. The molecule has 0 bridgehead atoms. The zero-order valence-corrected chi connectivity index (χ0v) is 8.80. The van der Waals surface area contributed by atoms with E-state index in [1.54, 1.807) is 0 Å². The molecule has 4 heteroatoms. The molecule has 0 saturated heterocycles. The topological polar surface area (TPSA) is 56.0 Å². The third kappa shape index (κ3) is 2.57. The van der Waals surface area contributed by atoms with Crippen LogP contribution in [0.5, 0.6) is 0 Å². The molecule has 74 valence electrons. The first-order valence-electron chi connectivity index (χ1n) is 4.11. The van der Waals surface area contributed by atoms with E-state index in [0.29, 0.717) is 10.6 Å². The van der Waals surface area contributed by atoms with Crippen LogP contribution in [0, 0.1) is 0 Å². The molecule has 0 aromatic carbocycles. The standard InChI is InChI=1S/C10H11ClN2O/c1-6(2)3-9(14)8-4-7(11)5-13-10(8)12/h3-5H,1-2H3,(H2,12,13). The van der Waals surface area contributed by atoms with Crippen LogP contribution >= 0.6 is 11.6 Å². The van der Waals surface area contributed by atoms with Gasteiger partial charge >= 0.3 is 0 Å². The quantitative estimate of drug-likeness (QED) is 0.603. The van der Waals surface area contributed by atoms with Gasteiger partial charge in [-0.3, -0.25) is 4.79 Å². The maximum absolute atomic E-state index is 11.6. The minimum Gasteiger partial charge on any atom is -0.383 e. The van der Waals surface area contributed by atoms with Gasteiger partial charge in [0.15, 0.2) is 5.78 Å². The minimum atomic E-state index is -0.169. The summed E-state index contributed by atoms with van der Waals surface area (Å²) in [6.07, 6.45) is 2.92. The van der Waals surface area contributed by atoms with Crippen LogP contribution in [0.4, 0.5) is 5.82 Å². The van der Waals surface area contributed by atoms with E-state index in [0.717, 1.165) is 5.57 Å². The van der Waals surface area contributed by atoms with Crippen molar-refractivity contribution in [1.82, 2.24) is 4.98 Å². The number of nitrogen functional groups attached to an aromatic ring is 1. The van der Waals surface area contributed by atoms with Gasteiger partial charge in [-0.15, -0.1) is 0 Å². The number of hydrogen-bond acceptors (Lipinski definition) is 3. The summed E-state index contributed by atoms with van der Waals surface area (Å²) in [4.78, 5) is 15.4. The van der Waals surface area contributed by atoms with Crippen molar-refractivity contribution in [3.63, 3.8) is 0 Å². The van der Waals surface area contributed by atoms with E-state index in [2.05, 4.69) is 4.98 Å². The summed E-state index contributed by atoms with van der Waals surface area (Å²) in [7, 11) is 0. The third-order valence-electron chi connectivity index (χ3n) is 1.57. The van der Waals surface area contributed by atoms with Crippen molar-refractivity contribution in [3.05, 3.63) is 34.5 Å². The lowest BCUT2D eigenvalue weighted by Gasteiger charge is -2.01. The molecule has 1 aromatic rings. The number of carbonyl (C=O) groups excluding carboxylic acids is 1. The minimum absolute atomic E-state index is 0.169. The van der Waals surface area contributed by atoms with E-state index in [9.17, 15) is 4.79 Å². The number of anilines is 1. The number of allylic oxidation sites excluding steroid dienone is 2. The van der Waals surface area contributed by atoms with Crippen LogP contribution in [-0.4, -0.2) is 10.8 Å². The highest BCUT2D eigenvalue weighted by Crippen LogP contribution is 2.16. The number of carbonyl (C=O) groups is 1. The largest absolute Gasteiger partial charge is 0.383 e. The molecule has 0 spiro atoms. The normalized spacial score (nSPS) is 9.64. The van der Waals surface area contributed by atoms with E-state index in [1.165, 1.54) is 18.3 Å². The van der Waals surface area contributed by atoms with Gasteiger partial charge in [-0.2, -0.15) is 0 Å². The van der Waals surface area contributed by atoms with Crippen LogP contribution in [0.15, 0.2) is 23.9 Å². The molecule has 0 aliphatic carbocycles. The first kappa shape index (κ1) is 10.7. The SMILES string of the molecule is CC(C)=CC(=O)c1cc(Cl)cnc1N. The van der Waals surface area contributed by atoms with Gasteiger partial charge < -0.3 is 5.73 Å². The number of nitrogens with two attached hydrogens (primary N) is 1. The lowest BCUT2D eigenvalue weighted by Crippen LogP contribution is -2.03. The molecular weight excluding hydrogens is 200 g/mol. The summed E-state index contributed by atoms with van der Waals surface area (Å²) >= 11 is 5.71. The Kier molecular flexibility index (Phi) is 3.25. The predicted molar refractivity (Wildman–Crippen MR) is 57.4 cm³/mol. The van der Waals surface area contributed by atoms with Gasteiger partial charge in [0.25, 0.3) is 0 Å². The molecule has 0 unspecified atom stereocenters. The molecule has 3 nitrogen and oxygen atoms in total. The van der Waals surface area contributed by atoms with Gasteiger partial charge in [-0.05, 0) is 26.0 Å². The monoisotopic (exact) mass is 210 g/mol. The highest BCUT2D eigenvalue weighted by molar-refractivity contribution is 6.31. The van der Waals surface area contributed by atoms with Crippen LogP contribution in [0.25, 0.3) is 0 Å². The van der Waals surface area contributed by atoms with Crippen molar-refractivity contribution in [2.45, 2.75) is 13.8 Å². The van der Waals surface area contributed by atoms with Crippen LogP contribution in [0.2, 0.25) is 5.02 Å². The van der Waals surface area contributed by atoms with Crippen molar-refractivity contribution >= 4 is 23.2 Å². The lowest BCUT2D eigenvalue weighted by molar-refractivity contribution is 0.104. The number of ketones is 1. The highest BCUT2D eigenvalue weighted by Gasteiger charge is 2.08. The Hall–Kier alpha value is -1.35. The molecule has 1 heterocycles. The van der Waals surface area contributed by atoms with Crippen LogP contribution in [-0.2, 0) is 0 Å². The lowest BCUT2D eigenvalue weighted by atomic mass is 10.1. The summed E-state index contributed by atoms with van der Waals surface area (Å²) in [5, 5.41) is 0.407. The van der Waals surface area contributed by atoms with Crippen molar-refractivity contribution in [2.75, 3.05) is 5.73 Å². The van der Waals surface area contributed by atoms with Crippen LogP contribution in [0.3, 0.4) is 0 Å². The Morgan fingerprint density at radius 2 is 2.21 bits per heavy atom. The van der Waals surface area contributed by atoms with Crippen molar-refractivity contribution < 1.29 is 4.79 Å². The molecule has 1 rings (SSSR count). The maximum atomic E-state index is 11.6. The van der Waals surface area contributed by atoms with E-state index < -0.39 is 0 Å². The average molecular weight is 211 g/mol. The number of nitrogens with zero attached hydrogens (tertiary/aromatic N) is 1. The van der Waals surface area contributed by atoms with Gasteiger partial charge in [-0.1, -0.05) is 17.2 Å². The van der Waals surface area contributed by atoms with Crippen molar-refractivity contribution in [3.8, 4) is 0 Å². The van der Waals surface area contributed by atoms with Crippen molar-refractivity contribution in [1.29, 1.82) is 0 Å². The van der Waals surface area contributed by atoms with Crippen LogP contribution in [0.1, 0.15) is 24.2 Å². The van der Waals surface area contributed by atoms with Crippen molar-refractivity contribution in [2.24, 2.45) is 0 Å². The fourth-order valence-electron chi connectivity index (χ4n) is 0.987. The van der Waals surface area contributed by atoms with Gasteiger partial charge in [0, 0.05) is 6.20 Å². The molecule has 0 saturated carbocycles. The third-order valence-corrected chi connectivity index (χ3v) is 1.78.